The van der Waals surface area contributed by atoms with Gasteiger partial charge in [0.25, 0.3) is 0 Å². The number of allylic oxidation sites excluding steroid dienone is 1. The number of aliphatic hydroxyl groups is 12. The molecule has 9 rings (SSSR count). The van der Waals surface area contributed by atoms with Gasteiger partial charge in [0.2, 0.25) is 0 Å². The van der Waals surface area contributed by atoms with E-state index in [1.165, 1.54) is 14.0 Å². The number of esters is 1. The summed E-state index contributed by atoms with van der Waals surface area (Å²) in [5, 5.41) is 136. The first kappa shape index (κ1) is 64.7. The predicted octanol–water partition coefficient (Wildman–Crippen LogP) is -2.42. The van der Waals surface area contributed by atoms with Crippen molar-refractivity contribution < 1.29 is 131 Å². The fraction of sp³-hybridized carbons (Fsp3) is 0.944. The van der Waals surface area contributed by atoms with Gasteiger partial charge in [0.05, 0.1) is 44.2 Å². The number of methoxy groups -OCH3 is 1. The molecule has 0 aromatic carbocycles. The van der Waals surface area contributed by atoms with Crippen LogP contribution in [0, 0.1) is 39.4 Å². The van der Waals surface area contributed by atoms with Crippen molar-refractivity contribution in [2.45, 2.75) is 253 Å². The number of hydrogen-bond donors (Lipinski definition) is 13. The number of carbonyl (C=O) groups is 1. The Morgan fingerprint density at radius 1 is 0.695 bits per heavy atom. The third kappa shape index (κ3) is 10.3. The average molecular weight is 1200 g/mol. The number of carbonyl (C=O) groups excluding carboxylic acids is 1. The van der Waals surface area contributed by atoms with Gasteiger partial charge >= 0.3 is 16.4 Å². The van der Waals surface area contributed by atoms with E-state index < -0.39 is 204 Å². The number of hydrogen-bond acceptors (Lipinski definition) is 26. The first-order valence-electron chi connectivity index (χ1n) is 28.6. The van der Waals surface area contributed by atoms with Gasteiger partial charge in [0, 0.05) is 7.11 Å². The standard InChI is InChI=1S/C54H88O27S/c1-22(2)10-13-30(57)52(8)53(67)17-16-51(7)24-11-12-29-49(4,5)32(14-15-50(29,6)25(24)18-31(58)54(51,53)48(66)80-52)76-47-43(35(61)28(21-72-47)81-82(68,69)70)79-44-37(63)36(62)40(23(3)73-44)77-46-39(65)42(34(60)27(20-56)75-46)78-45-38(64)41(71-9)33(59)26(19-55)74-45/h18,22-24,26-47,55-65,67H,10-17,19-21H2,1-9H3,(H,68,69,70)/t23-,24-,26-,27-,28-,29+,30?,31-,32+,33-,34-,35+,36-,37-,38-,39-,40-,41+,42+,43-,44+,45+,46+,47+,50-,51+,52+,53+,54-/m1/s1. The predicted molar refractivity (Wildman–Crippen MR) is 275 cm³/mol. The van der Waals surface area contributed by atoms with Gasteiger partial charge in [-0.15, -0.1) is 0 Å². The van der Waals surface area contributed by atoms with Crippen LogP contribution in [0.15, 0.2) is 11.6 Å². The molecule has 1 unspecified atom stereocenters. The van der Waals surface area contributed by atoms with E-state index in [1.807, 2.05) is 34.6 Å². The van der Waals surface area contributed by atoms with Gasteiger partial charge in [-0.1, -0.05) is 53.2 Å². The molecule has 5 aliphatic heterocycles. The second-order valence-corrected chi connectivity index (χ2v) is 27.1. The smallest absolute Gasteiger partial charge is 0.397 e. The highest BCUT2D eigenvalue weighted by Gasteiger charge is 2.86. The summed E-state index contributed by atoms with van der Waals surface area (Å²) < 4.78 is 97.7. The number of ether oxygens (including phenoxy) is 10. The molecule has 5 heterocycles. The Morgan fingerprint density at radius 2 is 1.28 bits per heavy atom. The Hall–Kier alpha value is -1.76. The fourth-order valence-corrected chi connectivity index (χ4v) is 16.9. The van der Waals surface area contributed by atoms with E-state index in [4.69, 9.17) is 51.6 Å². The molecule has 9 aliphatic rings. The summed E-state index contributed by atoms with van der Waals surface area (Å²) in [6, 6.07) is 0. The third-order valence-electron chi connectivity index (χ3n) is 20.9. The van der Waals surface area contributed by atoms with Gasteiger partial charge in [0.1, 0.15) is 96.5 Å². The van der Waals surface area contributed by atoms with Crippen LogP contribution in [0.3, 0.4) is 0 Å². The first-order valence-corrected chi connectivity index (χ1v) is 30.0. The number of cyclic esters (lactones) is 1. The molecule has 29 atom stereocenters. The molecule has 3 saturated carbocycles. The third-order valence-corrected chi connectivity index (χ3v) is 21.4. The van der Waals surface area contributed by atoms with Crippen molar-refractivity contribution in [1.29, 1.82) is 0 Å². The Morgan fingerprint density at radius 3 is 1.88 bits per heavy atom. The van der Waals surface area contributed by atoms with Crippen LogP contribution in [0.25, 0.3) is 0 Å². The first-order chi connectivity index (χ1) is 38.2. The van der Waals surface area contributed by atoms with E-state index in [9.17, 15) is 79.0 Å². The minimum absolute atomic E-state index is 0.123. The molecule has 28 heteroatoms. The van der Waals surface area contributed by atoms with Gasteiger partial charge in [-0.05, 0) is 99.2 Å². The highest BCUT2D eigenvalue weighted by molar-refractivity contribution is 7.80. The molecule has 0 amide bonds. The molecular weight excluding hydrogens is 1110 g/mol. The normalized spacial score (nSPS) is 51.6. The molecule has 5 saturated heterocycles. The van der Waals surface area contributed by atoms with E-state index in [0.29, 0.717) is 38.5 Å². The molecule has 472 valence electrons. The lowest BCUT2D eigenvalue weighted by atomic mass is 9.40. The molecule has 0 bridgehead atoms. The molecule has 82 heavy (non-hydrogen) atoms. The van der Waals surface area contributed by atoms with Crippen LogP contribution < -0.4 is 0 Å². The van der Waals surface area contributed by atoms with Crippen LogP contribution in [-0.4, -0.2) is 253 Å². The topological polar surface area (TPSA) is 416 Å². The van der Waals surface area contributed by atoms with Crippen molar-refractivity contribution in [2.75, 3.05) is 26.9 Å². The summed E-state index contributed by atoms with van der Waals surface area (Å²) in [5.74, 6) is -0.905. The highest BCUT2D eigenvalue weighted by Crippen LogP contribution is 2.77. The van der Waals surface area contributed by atoms with E-state index in [-0.39, 0.29) is 30.6 Å². The van der Waals surface area contributed by atoms with Crippen molar-refractivity contribution in [3.63, 3.8) is 0 Å². The second-order valence-electron chi connectivity index (χ2n) is 26.1. The van der Waals surface area contributed by atoms with E-state index in [2.05, 4.69) is 6.92 Å². The Labute approximate surface area is 476 Å². The Bertz CT molecular complexity index is 2420. The summed E-state index contributed by atoms with van der Waals surface area (Å²) in [7, 11) is -4.02. The molecule has 8 fully saturated rings. The van der Waals surface area contributed by atoms with Crippen molar-refractivity contribution in [2.24, 2.45) is 39.4 Å². The minimum Gasteiger partial charge on any atom is -0.453 e. The Balaban J connectivity index is 0.915. The molecule has 0 aromatic heterocycles. The van der Waals surface area contributed by atoms with Crippen LogP contribution in [0.2, 0.25) is 0 Å². The Kier molecular flexibility index (Phi) is 18.4. The van der Waals surface area contributed by atoms with E-state index in [0.717, 1.165) is 5.57 Å². The van der Waals surface area contributed by atoms with Crippen molar-refractivity contribution >= 4 is 16.4 Å². The summed E-state index contributed by atoms with van der Waals surface area (Å²) in [5.41, 5.74) is -6.66. The van der Waals surface area contributed by atoms with Crippen LogP contribution in [0.5, 0.6) is 0 Å². The van der Waals surface area contributed by atoms with Crippen LogP contribution in [0.1, 0.15) is 107 Å². The average Bonchev–Trinajstić information content (AvgIpc) is 1.49. The van der Waals surface area contributed by atoms with E-state index >= 15 is 0 Å². The highest BCUT2D eigenvalue weighted by atomic mass is 32.3. The zero-order valence-electron chi connectivity index (χ0n) is 47.7. The van der Waals surface area contributed by atoms with Crippen LogP contribution >= 0.6 is 0 Å². The lowest BCUT2D eigenvalue weighted by molar-refractivity contribution is -0.389. The van der Waals surface area contributed by atoms with Crippen LogP contribution in [0.4, 0.5) is 0 Å². The largest absolute Gasteiger partial charge is 0.453 e. The van der Waals surface area contributed by atoms with Gasteiger partial charge in [0.15, 0.2) is 30.8 Å². The lowest BCUT2D eigenvalue weighted by Gasteiger charge is -2.64. The quantitative estimate of drug-likeness (QED) is 0.0312. The number of fused-ring (bicyclic) bond motifs is 4. The molecule has 0 radical (unpaired) electrons. The van der Waals surface area contributed by atoms with Crippen molar-refractivity contribution in [1.82, 2.24) is 0 Å². The van der Waals surface area contributed by atoms with Crippen LogP contribution in [-0.2, 0) is 66.7 Å². The van der Waals surface area contributed by atoms with Gasteiger partial charge in [-0.25, -0.2) is 4.18 Å². The molecule has 4 aliphatic carbocycles. The van der Waals surface area contributed by atoms with Crippen molar-refractivity contribution in [3.05, 3.63) is 11.6 Å². The second kappa shape index (κ2) is 23.3. The SMILES string of the molecule is CO[C@@H]1[C@@H](O)[C@H](O[C@@H]2[C@@H](O)[C@H](O[C@H]3[C@H](O)[C@@H](O)[C@H](O[C@H]4[C@H](O[C@H]5CC[C@]6(C)C7=C[C@@H](O)[C@]89C(=O)O[C@@](C)(C(O)CCC(C)C)[C@@]8(O)CC[C@@]9(C)[C@@H]7CC[C@H]6C5(C)C)OC[C@@H](OS(=O)(=O)O)[C@@H]4O)O[C@@H]3C)O[C@H](CO)[C@H]2O)O[C@H](CO)[C@H]1O. The number of aliphatic hydroxyl groups excluding tert-OH is 11. The van der Waals surface area contributed by atoms with E-state index in [1.54, 1.807) is 13.0 Å². The molecule has 13 N–H and O–H groups in total. The zero-order valence-corrected chi connectivity index (χ0v) is 48.5. The van der Waals surface area contributed by atoms with Gasteiger partial charge in [-0.3, -0.25) is 9.35 Å². The molecule has 27 nitrogen and oxygen atoms in total. The summed E-state index contributed by atoms with van der Waals surface area (Å²) in [4.78, 5) is 14.5. The molecule has 1 spiro atoms. The summed E-state index contributed by atoms with van der Waals surface area (Å²) in [6.45, 7) is 12.8. The number of rotatable bonds is 17. The fourth-order valence-electron chi connectivity index (χ4n) is 16.4. The zero-order chi connectivity index (χ0) is 60.4. The maximum absolute atomic E-state index is 14.5. The lowest BCUT2D eigenvalue weighted by Crippen LogP contribution is -2.69. The summed E-state index contributed by atoms with van der Waals surface area (Å²) >= 11 is 0. The van der Waals surface area contributed by atoms with Gasteiger partial charge < -0.3 is 109 Å². The monoisotopic (exact) mass is 1200 g/mol. The minimum atomic E-state index is -5.20. The van der Waals surface area contributed by atoms with Gasteiger partial charge in [-0.2, -0.15) is 8.42 Å². The molecule has 0 aromatic rings. The molecular formula is C54H88O27S. The maximum atomic E-state index is 14.5. The summed E-state index contributed by atoms with van der Waals surface area (Å²) in [6.07, 6.45) is -30.6. The maximum Gasteiger partial charge on any atom is 0.397 e. The van der Waals surface area contributed by atoms with Crippen molar-refractivity contribution in [3.8, 4) is 0 Å².